The average Bonchev–Trinajstić information content (AvgIpc) is 3.31. The minimum Gasteiger partial charge on any atom is -0.380 e. The first-order valence-corrected chi connectivity index (χ1v) is 9.91. The molecule has 0 amide bonds. The van der Waals surface area contributed by atoms with Crippen molar-refractivity contribution in [1.82, 2.24) is 18.9 Å². The molecule has 138 valence electrons. The van der Waals surface area contributed by atoms with Crippen molar-refractivity contribution in [3.8, 4) is 11.1 Å². The van der Waals surface area contributed by atoms with Crippen molar-refractivity contribution in [2.24, 2.45) is 7.05 Å². The minimum atomic E-state index is 0.744. The van der Waals surface area contributed by atoms with E-state index in [0.717, 1.165) is 40.1 Å². The van der Waals surface area contributed by atoms with Gasteiger partial charge in [-0.15, -0.1) is 0 Å². The standard InChI is InChI=1S/C22H19N5S/c1-14-9-18(28-26-14)13-25-17-11-19(22-20(12-17)23-6-7-24-22)16-4-3-15-5-8-27(2)21(15)10-16/h3-12,25H,13H2,1-2H3. The lowest BCUT2D eigenvalue weighted by atomic mass is 10.0. The Balaban J connectivity index is 1.60. The molecular formula is C22H19N5S. The molecule has 0 aliphatic rings. The van der Waals surface area contributed by atoms with Crippen LogP contribution >= 0.6 is 11.5 Å². The maximum atomic E-state index is 4.61. The maximum Gasteiger partial charge on any atom is 0.0966 e. The molecule has 2 aromatic carbocycles. The number of nitrogens with zero attached hydrogens (tertiary/aromatic N) is 4. The van der Waals surface area contributed by atoms with Crippen LogP contribution in [0.5, 0.6) is 0 Å². The third kappa shape index (κ3) is 3.01. The van der Waals surface area contributed by atoms with Crippen LogP contribution in [0.3, 0.4) is 0 Å². The van der Waals surface area contributed by atoms with Gasteiger partial charge in [0.15, 0.2) is 0 Å². The van der Waals surface area contributed by atoms with E-state index in [9.17, 15) is 0 Å². The van der Waals surface area contributed by atoms with Crippen LogP contribution in [0.15, 0.2) is 61.1 Å². The molecule has 0 radical (unpaired) electrons. The van der Waals surface area contributed by atoms with Crippen molar-refractivity contribution < 1.29 is 0 Å². The van der Waals surface area contributed by atoms with Crippen LogP contribution in [-0.2, 0) is 13.6 Å². The third-order valence-electron chi connectivity index (χ3n) is 4.92. The first-order valence-electron chi connectivity index (χ1n) is 9.14. The Kier molecular flexibility index (Phi) is 4.06. The molecule has 28 heavy (non-hydrogen) atoms. The molecule has 0 spiro atoms. The van der Waals surface area contributed by atoms with Crippen molar-refractivity contribution in [2.45, 2.75) is 13.5 Å². The van der Waals surface area contributed by atoms with Gasteiger partial charge in [-0.3, -0.25) is 9.97 Å². The van der Waals surface area contributed by atoms with E-state index in [0.29, 0.717) is 0 Å². The van der Waals surface area contributed by atoms with Gasteiger partial charge in [0.2, 0.25) is 0 Å². The minimum absolute atomic E-state index is 0.744. The topological polar surface area (TPSA) is 55.6 Å². The zero-order valence-corrected chi connectivity index (χ0v) is 16.5. The number of anilines is 1. The van der Waals surface area contributed by atoms with Gasteiger partial charge in [-0.05, 0) is 59.7 Å². The smallest absolute Gasteiger partial charge is 0.0966 e. The lowest BCUT2D eigenvalue weighted by Gasteiger charge is -2.11. The van der Waals surface area contributed by atoms with Crippen molar-refractivity contribution in [2.75, 3.05) is 5.32 Å². The van der Waals surface area contributed by atoms with E-state index < -0.39 is 0 Å². The predicted molar refractivity (Wildman–Crippen MR) is 116 cm³/mol. The SMILES string of the molecule is Cc1cc(CNc2cc(-c3ccc4ccn(C)c4c3)c3nccnc3c2)sn1. The van der Waals surface area contributed by atoms with Crippen molar-refractivity contribution in [3.63, 3.8) is 0 Å². The fourth-order valence-corrected chi connectivity index (χ4v) is 4.19. The Labute approximate surface area is 166 Å². The number of nitrogens with one attached hydrogen (secondary N) is 1. The Hall–Kier alpha value is -3.25. The molecule has 0 saturated heterocycles. The van der Waals surface area contributed by atoms with Gasteiger partial charge in [-0.2, -0.15) is 4.37 Å². The summed E-state index contributed by atoms with van der Waals surface area (Å²) in [4.78, 5) is 10.4. The predicted octanol–water partition coefficient (Wildman–Crippen LogP) is 5.17. The van der Waals surface area contributed by atoms with E-state index in [1.165, 1.54) is 27.3 Å². The van der Waals surface area contributed by atoms with Gasteiger partial charge in [-0.1, -0.05) is 12.1 Å². The lowest BCUT2D eigenvalue weighted by molar-refractivity contribution is 0.969. The van der Waals surface area contributed by atoms with Gasteiger partial charge in [0.05, 0.1) is 23.3 Å². The van der Waals surface area contributed by atoms with Gasteiger partial charge in [-0.25, -0.2) is 0 Å². The largest absolute Gasteiger partial charge is 0.380 e. The summed E-state index contributed by atoms with van der Waals surface area (Å²) in [5.41, 5.74) is 7.30. The van der Waals surface area contributed by atoms with Crippen molar-refractivity contribution >= 4 is 39.2 Å². The van der Waals surface area contributed by atoms with E-state index in [-0.39, 0.29) is 0 Å². The zero-order valence-electron chi connectivity index (χ0n) is 15.7. The molecule has 3 aromatic heterocycles. The Morgan fingerprint density at radius 3 is 2.79 bits per heavy atom. The maximum absolute atomic E-state index is 4.61. The van der Waals surface area contributed by atoms with Crippen LogP contribution in [0.4, 0.5) is 5.69 Å². The van der Waals surface area contributed by atoms with Crippen molar-refractivity contribution in [3.05, 3.63) is 71.6 Å². The third-order valence-corrected chi connectivity index (χ3v) is 5.79. The molecule has 1 N–H and O–H groups in total. The second kappa shape index (κ2) is 6.73. The molecule has 0 bridgehead atoms. The van der Waals surface area contributed by atoms with E-state index in [2.05, 4.69) is 79.9 Å². The van der Waals surface area contributed by atoms with E-state index >= 15 is 0 Å². The highest BCUT2D eigenvalue weighted by Gasteiger charge is 2.11. The molecule has 5 rings (SSSR count). The van der Waals surface area contributed by atoms with E-state index in [1.807, 2.05) is 6.92 Å². The summed E-state index contributed by atoms with van der Waals surface area (Å²) in [6.07, 6.45) is 5.57. The van der Waals surface area contributed by atoms with Crippen LogP contribution in [0.25, 0.3) is 33.1 Å². The highest BCUT2D eigenvalue weighted by molar-refractivity contribution is 7.05. The van der Waals surface area contributed by atoms with Crippen LogP contribution in [0, 0.1) is 6.92 Å². The molecule has 5 nitrogen and oxygen atoms in total. The van der Waals surface area contributed by atoms with E-state index in [1.54, 1.807) is 12.4 Å². The number of benzene rings is 2. The van der Waals surface area contributed by atoms with Gasteiger partial charge in [0.1, 0.15) is 0 Å². The summed E-state index contributed by atoms with van der Waals surface area (Å²) in [6.45, 7) is 2.76. The summed E-state index contributed by atoms with van der Waals surface area (Å²) in [6, 6.07) is 15.0. The summed E-state index contributed by atoms with van der Waals surface area (Å²) in [7, 11) is 2.07. The first kappa shape index (κ1) is 16.9. The summed E-state index contributed by atoms with van der Waals surface area (Å²) < 4.78 is 6.49. The van der Waals surface area contributed by atoms with Crippen LogP contribution in [0.2, 0.25) is 0 Å². The fourth-order valence-electron chi connectivity index (χ4n) is 3.52. The monoisotopic (exact) mass is 385 g/mol. The molecule has 0 saturated carbocycles. The number of hydrogen-bond donors (Lipinski definition) is 1. The van der Waals surface area contributed by atoms with Crippen molar-refractivity contribution in [1.29, 1.82) is 0 Å². The van der Waals surface area contributed by atoms with Crippen LogP contribution in [0.1, 0.15) is 10.6 Å². The summed E-state index contributed by atoms with van der Waals surface area (Å²) >= 11 is 1.53. The second-order valence-corrected chi connectivity index (χ2v) is 7.83. The van der Waals surface area contributed by atoms with E-state index in [4.69, 9.17) is 0 Å². The number of aryl methyl sites for hydroxylation is 2. The number of aromatic nitrogens is 4. The molecule has 0 atom stereocenters. The second-order valence-electron chi connectivity index (χ2n) is 6.94. The number of rotatable bonds is 4. The van der Waals surface area contributed by atoms with Gasteiger partial charge in [0.25, 0.3) is 0 Å². The van der Waals surface area contributed by atoms with Gasteiger partial charge < -0.3 is 9.88 Å². The van der Waals surface area contributed by atoms with Crippen LogP contribution in [-0.4, -0.2) is 18.9 Å². The highest BCUT2D eigenvalue weighted by atomic mass is 32.1. The summed E-state index contributed by atoms with van der Waals surface area (Å²) in [5.74, 6) is 0. The average molecular weight is 385 g/mol. The fraction of sp³-hybridized carbons (Fsp3) is 0.136. The van der Waals surface area contributed by atoms with Crippen LogP contribution < -0.4 is 5.32 Å². The molecule has 0 aliphatic carbocycles. The normalized spacial score (nSPS) is 11.4. The first-order chi connectivity index (χ1) is 13.7. The molecule has 0 aliphatic heterocycles. The Morgan fingerprint density at radius 1 is 1.04 bits per heavy atom. The molecular weight excluding hydrogens is 366 g/mol. The molecule has 5 aromatic rings. The summed E-state index contributed by atoms with van der Waals surface area (Å²) in [5, 5.41) is 4.75. The Morgan fingerprint density at radius 2 is 1.93 bits per heavy atom. The molecule has 0 unspecified atom stereocenters. The van der Waals surface area contributed by atoms with Gasteiger partial charge >= 0.3 is 0 Å². The molecule has 6 heteroatoms. The number of hydrogen-bond acceptors (Lipinski definition) is 5. The number of fused-ring (bicyclic) bond motifs is 2. The van der Waals surface area contributed by atoms with Gasteiger partial charge in [0, 0.05) is 47.3 Å². The Bertz CT molecular complexity index is 1300. The molecule has 0 fully saturated rings. The highest BCUT2D eigenvalue weighted by Crippen LogP contribution is 2.32. The molecule has 3 heterocycles. The quantitative estimate of drug-likeness (QED) is 0.464. The zero-order chi connectivity index (χ0) is 19.1. The lowest BCUT2D eigenvalue weighted by Crippen LogP contribution is -1.99.